The Morgan fingerprint density at radius 1 is 1.29 bits per heavy atom. The van der Waals surface area contributed by atoms with Crippen molar-refractivity contribution in [1.82, 2.24) is 10.1 Å². The SMILES string of the molecule is Nc1onc2c1CN(C(=O)C1(c3c(F)cccc3F)CCC1)CC2. The number of amides is 1. The Kier molecular flexibility index (Phi) is 3.33. The van der Waals surface area contributed by atoms with E-state index in [2.05, 4.69) is 5.16 Å². The third-order valence-corrected chi connectivity index (χ3v) is 5.21. The molecule has 2 aliphatic rings. The molecule has 0 atom stereocenters. The Hall–Kier alpha value is -2.44. The molecule has 7 heteroatoms. The van der Waals surface area contributed by atoms with Crippen LogP contribution in [0.4, 0.5) is 14.7 Å². The van der Waals surface area contributed by atoms with Crippen LogP contribution in [0.1, 0.15) is 36.1 Å². The van der Waals surface area contributed by atoms with Crippen LogP contribution in [0.15, 0.2) is 22.7 Å². The Morgan fingerprint density at radius 3 is 2.62 bits per heavy atom. The van der Waals surface area contributed by atoms with Crippen LogP contribution in [-0.4, -0.2) is 22.5 Å². The number of nitrogens with two attached hydrogens (primary N) is 1. The second kappa shape index (κ2) is 5.29. The molecule has 0 bridgehead atoms. The lowest BCUT2D eigenvalue weighted by Gasteiger charge is -2.44. The molecule has 1 amide bonds. The van der Waals surface area contributed by atoms with Gasteiger partial charge in [0.2, 0.25) is 11.8 Å². The Morgan fingerprint density at radius 2 is 2.00 bits per heavy atom. The molecule has 0 radical (unpaired) electrons. The molecule has 0 spiro atoms. The zero-order valence-corrected chi connectivity index (χ0v) is 13.0. The van der Waals surface area contributed by atoms with Crippen molar-refractivity contribution in [2.75, 3.05) is 12.3 Å². The first kappa shape index (κ1) is 15.1. The molecule has 0 unspecified atom stereocenters. The second-order valence-corrected chi connectivity index (χ2v) is 6.48. The van der Waals surface area contributed by atoms with E-state index >= 15 is 0 Å². The quantitative estimate of drug-likeness (QED) is 0.917. The molecular formula is C17H17F2N3O2. The molecule has 4 rings (SSSR count). The molecule has 1 aromatic carbocycles. The molecule has 1 aromatic heterocycles. The van der Waals surface area contributed by atoms with Crippen LogP contribution in [0.5, 0.6) is 0 Å². The predicted octanol–water partition coefficient (Wildman–Crippen LogP) is 2.54. The third-order valence-electron chi connectivity index (χ3n) is 5.21. The zero-order chi connectivity index (χ0) is 16.9. The minimum absolute atomic E-state index is 0.106. The number of rotatable bonds is 2. The molecule has 126 valence electrons. The van der Waals surface area contributed by atoms with E-state index in [4.69, 9.17) is 10.3 Å². The summed E-state index contributed by atoms with van der Waals surface area (Å²) in [5, 5.41) is 3.87. The Bertz CT molecular complexity index is 794. The van der Waals surface area contributed by atoms with Crippen LogP contribution in [0.3, 0.4) is 0 Å². The van der Waals surface area contributed by atoms with Crippen molar-refractivity contribution >= 4 is 11.8 Å². The maximum absolute atomic E-state index is 14.3. The van der Waals surface area contributed by atoms with Crippen molar-refractivity contribution in [1.29, 1.82) is 0 Å². The number of halogens is 2. The smallest absolute Gasteiger partial charge is 0.233 e. The lowest BCUT2D eigenvalue weighted by molar-refractivity contribution is -0.142. The summed E-state index contributed by atoms with van der Waals surface area (Å²) < 4.78 is 33.5. The van der Waals surface area contributed by atoms with Crippen molar-refractivity contribution in [2.24, 2.45) is 0 Å². The molecule has 24 heavy (non-hydrogen) atoms. The van der Waals surface area contributed by atoms with Crippen LogP contribution in [0.25, 0.3) is 0 Å². The number of anilines is 1. The van der Waals surface area contributed by atoms with E-state index in [0.29, 0.717) is 31.4 Å². The standard InChI is InChI=1S/C17H17F2N3O2/c18-11-3-1-4-12(19)14(11)17(6-2-7-17)16(23)22-8-5-13-10(9-22)15(20)24-21-13/h1,3-4H,2,5-9,20H2. The largest absolute Gasteiger partial charge is 0.367 e. The van der Waals surface area contributed by atoms with Gasteiger partial charge in [0, 0.05) is 18.5 Å². The van der Waals surface area contributed by atoms with Crippen LogP contribution < -0.4 is 5.73 Å². The van der Waals surface area contributed by atoms with Gasteiger partial charge in [-0.25, -0.2) is 8.78 Å². The summed E-state index contributed by atoms with van der Waals surface area (Å²) in [5.41, 5.74) is 5.97. The Balaban J connectivity index is 1.69. The lowest BCUT2D eigenvalue weighted by Crippen LogP contribution is -2.53. The summed E-state index contributed by atoms with van der Waals surface area (Å²) in [6, 6.07) is 3.73. The van der Waals surface area contributed by atoms with E-state index in [-0.39, 0.29) is 23.9 Å². The molecule has 2 N–H and O–H groups in total. The fourth-order valence-corrected chi connectivity index (χ4v) is 3.77. The van der Waals surface area contributed by atoms with Gasteiger partial charge in [0.1, 0.15) is 11.6 Å². The highest BCUT2D eigenvalue weighted by Gasteiger charge is 2.51. The van der Waals surface area contributed by atoms with Crippen LogP contribution in [-0.2, 0) is 23.2 Å². The number of nitrogens with zero attached hydrogens (tertiary/aromatic N) is 2. The first-order valence-electron chi connectivity index (χ1n) is 8.00. The number of carbonyl (C=O) groups is 1. The van der Waals surface area contributed by atoms with Crippen LogP contribution in [0, 0.1) is 11.6 Å². The highest BCUT2D eigenvalue weighted by molar-refractivity contribution is 5.89. The van der Waals surface area contributed by atoms with Gasteiger partial charge < -0.3 is 15.2 Å². The number of nitrogen functional groups attached to an aromatic ring is 1. The molecular weight excluding hydrogens is 316 g/mol. The van der Waals surface area contributed by atoms with E-state index in [1.54, 1.807) is 4.90 Å². The van der Waals surface area contributed by atoms with E-state index in [9.17, 15) is 13.6 Å². The number of hydrogen-bond donors (Lipinski definition) is 1. The van der Waals surface area contributed by atoms with Crippen molar-refractivity contribution in [3.8, 4) is 0 Å². The van der Waals surface area contributed by atoms with Gasteiger partial charge in [-0.2, -0.15) is 0 Å². The van der Waals surface area contributed by atoms with Gasteiger partial charge in [0.25, 0.3) is 0 Å². The number of hydrogen-bond acceptors (Lipinski definition) is 4. The summed E-state index contributed by atoms with van der Waals surface area (Å²) in [6.45, 7) is 0.705. The molecule has 2 heterocycles. The van der Waals surface area contributed by atoms with Gasteiger partial charge >= 0.3 is 0 Å². The van der Waals surface area contributed by atoms with E-state index in [0.717, 1.165) is 12.1 Å². The monoisotopic (exact) mass is 333 g/mol. The molecule has 1 saturated carbocycles. The molecule has 5 nitrogen and oxygen atoms in total. The summed E-state index contributed by atoms with van der Waals surface area (Å²) in [6.07, 6.45) is 2.20. The van der Waals surface area contributed by atoms with Crippen LogP contribution >= 0.6 is 0 Å². The van der Waals surface area contributed by atoms with E-state index < -0.39 is 17.0 Å². The molecule has 2 aromatic rings. The molecule has 0 saturated heterocycles. The van der Waals surface area contributed by atoms with Crippen molar-refractivity contribution < 1.29 is 18.1 Å². The number of benzene rings is 1. The number of fused-ring (bicyclic) bond motifs is 1. The summed E-state index contributed by atoms with van der Waals surface area (Å²) in [7, 11) is 0. The van der Waals surface area contributed by atoms with E-state index in [1.165, 1.54) is 18.2 Å². The van der Waals surface area contributed by atoms with Gasteiger partial charge in [-0.05, 0) is 25.0 Å². The lowest BCUT2D eigenvalue weighted by atomic mass is 9.63. The topological polar surface area (TPSA) is 72.4 Å². The Labute approximate surface area is 137 Å². The second-order valence-electron chi connectivity index (χ2n) is 6.48. The number of aromatic nitrogens is 1. The van der Waals surface area contributed by atoms with Crippen LogP contribution in [0.2, 0.25) is 0 Å². The minimum Gasteiger partial charge on any atom is -0.367 e. The van der Waals surface area contributed by atoms with Gasteiger partial charge in [0.15, 0.2) is 0 Å². The average molecular weight is 333 g/mol. The van der Waals surface area contributed by atoms with Crippen molar-refractivity contribution in [3.05, 3.63) is 46.7 Å². The van der Waals surface area contributed by atoms with Crippen molar-refractivity contribution in [2.45, 2.75) is 37.6 Å². The highest BCUT2D eigenvalue weighted by Crippen LogP contribution is 2.47. The predicted molar refractivity (Wildman–Crippen MR) is 81.9 cm³/mol. The maximum Gasteiger partial charge on any atom is 0.233 e. The summed E-state index contributed by atoms with van der Waals surface area (Å²) in [5.74, 6) is -1.37. The van der Waals surface area contributed by atoms with E-state index in [1.807, 2.05) is 0 Å². The average Bonchev–Trinajstić information content (AvgIpc) is 2.89. The zero-order valence-electron chi connectivity index (χ0n) is 13.0. The third kappa shape index (κ3) is 2.03. The molecule has 1 aliphatic carbocycles. The highest BCUT2D eigenvalue weighted by atomic mass is 19.1. The van der Waals surface area contributed by atoms with Gasteiger partial charge in [-0.15, -0.1) is 0 Å². The van der Waals surface area contributed by atoms with Gasteiger partial charge in [-0.3, -0.25) is 4.79 Å². The number of carbonyl (C=O) groups excluding carboxylic acids is 1. The fourth-order valence-electron chi connectivity index (χ4n) is 3.77. The maximum atomic E-state index is 14.3. The fraction of sp³-hybridized carbons (Fsp3) is 0.412. The molecule has 1 aliphatic heterocycles. The first-order chi connectivity index (χ1) is 11.5. The first-order valence-corrected chi connectivity index (χ1v) is 8.00. The summed E-state index contributed by atoms with van der Waals surface area (Å²) in [4.78, 5) is 14.8. The van der Waals surface area contributed by atoms with Gasteiger partial charge in [-0.1, -0.05) is 17.6 Å². The molecule has 1 fully saturated rings. The summed E-state index contributed by atoms with van der Waals surface area (Å²) >= 11 is 0. The normalized spacial score (nSPS) is 18.8. The minimum atomic E-state index is -1.11. The van der Waals surface area contributed by atoms with Crippen molar-refractivity contribution in [3.63, 3.8) is 0 Å². The van der Waals surface area contributed by atoms with Gasteiger partial charge in [0.05, 0.1) is 23.2 Å².